The van der Waals surface area contributed by atoms with Crippen molar-refractivity contribution >= 4 is 6.03 Å². The Bertz CT molecular complexity index is 526. The first-order valence-corrected chi connectivity index (χ1v) is 8.98. The Morgan fingerprint density at radius 1 is 1.17 bits per heavy atom. The Kier molecular flexibility index (Phi) is 5.92. The van der Waals surface area contributed by atoms with Crippen molar-refractivity contribution in [1.29, 1.82) is 0 Å². The molecule has 24 heavy (non-hydrogen) atoms. The number of hydrogen-bond donors (Lipinski definition) is 1. The van der Waals surface area contributed by atoms with Crippen LogP contribution in [0.5, 0.6) is 0 Å². The second kappa shape index (κ2) is 7.56. The lowest BCUT2D eigenvalue weighted by molar-refractivity contribution is 0.0466. The molecule has 4 nitrogen and oxygen atoms in total. The largest absolute Gasteiger partial charge is 0.333 e. The quantitative estimate of drug-likeness (QED) is 0.919. The number of rotatable bonds is 3. The topological polar surface area (TPSA) is 35.6 Å². The molecule has 1 N–H and O–H groups in total. The molecule has 0 aromatic heterocycles. The molecule has 1 heterocycles. The van der Waals surface area contributed by atoms with E-state index in [0.29, 0.717) is 11.8 Å². The standard InChI is InChI=1S/C20H33N3O/c1-15-12-23(14-17-10-8-7-9-11-17)13-16(2)18(15)22(6)19(24)21-20(3,4)5/h7-11,15-16,18H,12-14H2,1-6H3,(H,21,24)/t15-,16-/m1/s1. The number of carbonyl (C=O) groups excluding carboxylic acids is 1. The van der Waals surface area contributed by atoms with Crippen LogP contribution in [0.1, 0.15) is 40.2 Å². The maximum Gasteiger partial charge on any atom is 0.317 e. The first-order valence-electron chi connectivity index (χ1n) is 8.98. The Morgan fingerprint density at radius 2 is 1.71 bits per heavy atom. The van der Waals surface area contributed by atoms with Gasteiger partial charge in [-0.15, -0.1) is 0 Å². The predicted octanol–water partition coefficient (Wildman–Crippen LogP) is 3.58. The third kappa shape index (κ3) is 4.97. The van der Waals surface area contributed by atoms with E-state index in [1.165, 1.54) is 5.56 Å². The van der Waals surface area contributed by atoms with Crippen LogP contribution in [0.25, 0.3) is 0 Å². The van der Waals surface area contributed by atoms with Gasteiger partial charge >= 0.3 is 6.03 Å². The van der Waals surface area contributed by atoms with Crippen molar-refractivity contribution in [1.82, 2.24) is 15.1 Å². The molecule has 2 rings (SSSR count). The summed E-state index contributed by atoms with van der Waals surface area (Å²) in [5.41, 5.74) is 1.15. The minimum atomic E-state index is -0.203. The van der Waals surface area contributed by atoms with E-state index < -0.39 is 0 Å². The molecular formula is C20H33N3O. The molecule has 0 radical (unpaired) electrons. The summed E-state index contributed by atoms with van der Waals surface area (Å²) < 4.78 is 0. The van der Waals surface area contributed by atoms with Crippen LogP contribution in [-0.2, 0) is 6.54 Å². The molecule has 1 aliphatic heterocycles. The smallest absolute Gasteiger partial charge is 0.317 e. The van der Waals surface area contributed by atoms with Gasteiger partial charge in [0.25, 0.3) is 0 Å². The van der Waals surface area contributed by atoms with Gasteiger partial charge in [0.05, 0.1) is 0 Å². The summed E-state index contributed by atoms with van der Waals surface area (Å²) in [6.45, 7) is 13.6. The van der Waals surface area contributed by atoms with Crippen molar-refractivity contribution in [3.05, 3.63) is 35.9 Å². The van der Waals surface area contributed by atoms with Gasteiger partial charge in [-0.25, -0.2) is 4.79 Å². The number of hydrogen-bond acceptors (Lipinski definition) is 2. The summed E-state index contributed by atoms with van der Waals surface area (Å²) in [6.07, 6.45) is 0. The minimum absolute atomic E-state index is 0.0303. The zero-order chi connectivity index (χ0) is 17.9. The predicted molar refractivity (Wildman–Crippen MR) is 99.9 cm³/mol. The number of carbonyl (C=O) groups is 1. The van der Waals surface area contributed by atoms with E-state index >= 15 is 0 Å². The highest BCUT2D eigenvalue weighted by Crippen LogP contribution is 2.27. The van der Waals surface area contributed by atoms with E-state index in [1.54, 1.807) is 0 Å². The number of amides is 2. The molecule has 1 aromatic carbocycles. The third-order valence-electron chi connectivity index (χ3n) is 4.76. The first kappa shape index (κ1) is 18.8. The highest BCUT2D eigenvalue weighted by molar-refractivity contribution is 5.75. The number of piperidine rings is 1. The van der Waals surface area contributed by atoms with E-state index in [9.17, 15) is 4.79 Å². The maximum absolute atomic E-state index is 12.5. The van der Waals surface area contributed by atoms with Gasteiger partial charge in [-0.1, -0.05) is 44.2 Å². The highest BCUT2D eigenvalue weighted by Gasteiger charge is 2.36. The van der Waals surface area contributed by atoms with Crippen LogP contribution in [0.3, 0.4) is 0 Å². The molecule has 0 bridgehead atoms. The molecule has 134 valence electrons. The molecule has 2 amide bonds. The number of benzene rings is 1. The molecule has 4 heteroatoms. The fraction of sp³-hybridized carbons (Fsp3) is 0.650. The van der Waals surface area contributed by atoms with Crippen LogP contribution < -0.4 is 5.32 Å². The van der Waals surface area contributed by atoms with Crippen LogP contribution in [0.4, 0.5) is 4.79 Å². The Balaban J connectivity index is 1.99. The third-order valence-corrected chi connectivity index (χ3v) is 4.76. The van der Waals surface area contributed by atoms with Gasteiger partial charge in [0.1, 0.15) is 0 Å². The van der Waals surface area contributed by atoms with E-state index in [0.717, 1.165) is 19.6 Å². The Labute approximate surface area is 147 Å². The molecule has 0 saturated carbocycles. The fourth-order valence-corrected chi connectivity index (χ4v) is 3.94. The van der Waals surface area contributed by atoms with E-state index in [4.69, 9.17) is 0 Å². The zero-order valence-corrected chi connectivity index (χ0v) is 16.0. The fourth-order valence-electron chi connectivity index (χ4n) is 3.94. The summed E-state index contributed by atoms with van der Waals surface area (Å²) in [5.74, 6) is 0.904. The van der Waals surface area contributed by atoms with E-state index in [-0.39, 0.29) is 17.6 Å². The summed E-state index contributed by atoms with van der Waals surface area (Å²) in [6, 6.07) is 10.9. The summed E-state index contributed by atoms with van der Waals surface area (Å²) >= 11 is 0. The average Bonchev–Trinajstić information content (AvgIpc) is 2.45. The lowest BCUT2D eigenvalue weighted by Gasteiger charge is -2.45. The van der Waals surface area contributed by atoms with Gasteiger partial charge in [0.2, 0.25) is 0 Å². The Morgan fingerprint density at radius 3 is 2.21 bits per heavy atom. The molecular weight excluding hydrogens is 298 g/mol. The summed E-state index contributed by atoms with van der Waals surface area (Å²) in [5, 5.41) is 3.08. The number of likely N-dealkylation sites (tertiary alicyclic amines) is 1. The zero-order valence-electron chi connectivity index (χ0n) is 16.0. The van der Waals surface area contributed by atoms with Gasteiger partial charge in [0.15, 0.2) is 0 Å². The normalized spacial score (nSPS) is 23.1. The van der Waals surface area contributed by atoms with Crippen LogP contribution >= 0.6 is 0 Å². The van der Waals surface area contributed by atoms with Gasteiger partial charge in [-0.05, 0) is 38.2 Å². The van der Waals surface area contributed by atoms with Crippen molar-refractivity contribution < 1.29 is 4.79 Å². The second-order valence-corrected chi connectivity index (χ2v) is 8.42. The van der Waals surface area contributed by atoms with Crippen LogP contribution in [0, 0.1) is 11.8 Å². The summed E-state index contributed by atoms with van der Waals surface area (Å²) in [4.78, 5) is 17.0. The number of nitrogens with one attached hydrogen (secondary N) is 1. The molecule has 1 aromatic rings. The number of urea groups is 1. The van der Waals surface area contributed by atoms with Crippen molar-refractivity contribution in [2.45, 2.75) is 52.7 Å². The molecule has 1 aliphatic rings. The SMILES string of the molecule is C[C@@H]1CN(Cc2ccccc2)C[C@@H](C)C1N(C)C(=O)NC(C)(C)C. The summed E-state index contributed by atoms with van der Waals surface area (Å²) in [7, 11) is 1.94. The monoisotopic (exact) mass is 331 g/mol. The highest BCUT2D eigenvalue weighted by atomic mass is 16.2. The molecule has 0 spiro atoms. The van der Waals surface area contributed by atoms with Gasteiger partial charge in [-0.2, -0.15) is 0 Å². The average molecular weight is 332 g/mol. The second-order valence-electron chi connectivity index (χ2n) is 8.42. The lowest BCUT2D eigenvalue weighted by atomic mass is 9.84. The van der Waals surface area contributed by atoms with E-state index in [2.05, 4.69) is 54.4 Å². The van der Waals surface area contributed by atoms with E-state index in [1.807, 2.05) is 32.7 Å². The molecule has 0 unspecified atom stereocenters. The maximum atomic E-state index is 12.5. The van der Waals surface area contributed by atoms with Gasteiger partial charge in [0, 0.05) is 38.3 Å². The van der Waals surface area contributed by atoms with Crippen LogP contribution in [0.15, 0.2) is 30.3 Å². The molecule has 1 saturated heterocycles. The minimum Gasteiger partial charge on any atom is -0.333 e. The first-order chi connectivity index (χ1) is 11.2. The molecule has 1 fully saturated rings. The Hall–Kier alpha value is -1.55. The van der Waals surface area contributed by atoms with Crippen molar-refractivity contribution in [2.24, 2.45) is 11.8 Å². The van der Waals surface area contributed by atoms with Gasteiger partial charge in [-0.3, -0.25) is 4.90 Å². The lowest BCUT2D eigenvalue weighted by Crippen LogP contribution is -2.58. The molecule has 0 aliphatic carbocycles. The van der Waals surface area contributed by atoms with Crippen LogP contribution in [0.2, 0.25) is 0 Å². The number of nitrogens with zero attached hydrogens (tertiary/aromatic N) is 2. The van der Waals surface area contributed by atoms with Crippen LogP contribution in [-0.4, -0.2) is 47.5 Å². The van der Waals surface area contributed by atoms with Crippen molar-refractivity contribution in [3.63, 3.8) is 0 Å². The van der Waals surface area contributed by atoms with Crippen molar-refractivity contribution in [2.75, 3.05) is 20.1 Å². The molecule has 2 atom stereocenters. The van der Waals surface area contributed by atoms with Gasteiger partial charge < -0.3 is 10.2 Å². The van der Waals surface area contributed by atoms with Crippen molar-refractivity contribution in [3.8, 4) is 0 Å².